The summed E-state index contributed by atoms with van der Waals surface area (Å²) in [5.41, 5.74) is 0.745. The van der Waals surface area contributed by atoms with E-state index in [1.807, 2.05) is 30.5 Å². The first kappa shape index (κ1) is 13.3. The third-order valence-electron chi connectivity index (χ3n) is 2.68. The van der Waals surface area contributed by atoms with E-state index in [1.54, 1.807) is 0 Å². The number of amidine groups is 1. The molecule has 0 aromatic heterocycles. The van der Waals surface area contributed by atoms with Gasteiger partial charge in [0, 0.05) is 23.5 Å². The van der Waals surface area contributed by atoms with Crippen LogP contribution in [0.1, 0.15) is 5.56 Å². The van der Waals surface area contributed by atoms with Crippen LogP contribution in [0.15, 0.2) is 34.3 Å². The van der Waals surface area contributed by atoms with E-state index < -0.39 is 5.03 Å². The van der Waals surface area contributed by atoms with Gasteiger partial charge in [0.15, 0.2) is 5.03 Å². The first-order valence-corrected chi connectivity index (χ1v) is 6.82. The van der Waals surface area contributed by atoms with Crippen molar-refractivity contribution in [2.24, 2.45) is 5.10 Å². The van der Waals surface area contributed by atoms with Gasteiger partial charge >= 0.3 is 0 Å². The number of hydrogen-bond acceptors (Lipinski definition) is 4. The van der Waals surface area contributed by atoms with Crippen molar-refractivity contribution in [3.05, 3.63) is 39.9 Å². The molecule has 2 N–H and O–H groups in total. The van der Waals surface area contributed by atoms with Crippen LogP contribution in [-0.2, 0) is 0 Å². The summed E-state index contributed by atoms with van der Waals surface area (Å²) in [5, 5.41) is 24.0. The summed E-state index contributed by atoms with van der Waals surface area (Å²) in [5.74, 6) is 0.335. The molecule has 0 unspecified atom stereocenters. The number of hydrazone groups is 1. The van der Waals surface area contributed by atoms with Crippen molar-refractivity contribution in [1.29, 1.82) is 5.41 Å². The lowest BCUT2D eigenvalue weighted by Crippen LogP contribution is -2.36. The van der Waals surface area contributed by atoms with Gasteiger partial charge in [0.05, 0.1) is 0 Å². The fraction of sp³-hybridized carbons (Fsp3) is 0.273. The maximum Gasteiger partial charge on any atom is 0.277 e. The van der Waals surface area contributed by atoms with Crippen LogP contribution < -0.4 is 5.32 Å². The Labute approximate surface area is 114 Å². The molecule has 0 spiro atoms. The van der Waals surface area contributed by atoms with Gasteiger partial charge in [-0.3, -0.25) is 10.3 Å². The highest BCUT2D eigenvalue weighted by Gasteiger charge is 2.26. The van der Waals surface area contributed by atoms with Gasteiger partial charge in [0.25, 0.3) is 5.96 Å². The lowest BCUT2D eigenvalue weighted by Gasteiger charge is -2.18. The number of guanidine groups is 1. The molecular weight excluding hydrogens is 266 g/mol. The summed E-state index contributed by atoms with van der Waals surface area (Å²) < 4.78 is 0. The molecular formula is C11H13N5O2S. The molecule has 0 radical (unpaired) electrons. The molecule has 7 nitrogen and oxygen atoms in total. The topological polar surface area (TPSA) is 94.6 Å². The third kappa shape index (κ3) is 2.84. The quantitative estimate of drug-likeness (QED) is 0.285. The molecule has 0 amide bonds. The minimum atomic E-state index is -0.756. The molecule has 1 aromatic carbocycles. The van der Waals surface area contributed by atoms with E-state index in [0.717, 1.165) is 10.5 Å². The number of benzene rings is 1. The van der Waals surface area contributed by atoms with E-state index in [4.69, 9.17) is 5.41 Å². The average Bonchev–Trinajstić information content (AvgIpc) is 2.85. The maximum absolute atomic E-state index is 10.5. The van der Waals surface area contributed by atoms with Gasteiger partial charge in [0.1, 0.15) is 10.9 Å². The van der Waals surface area contributed by atoms with Gasteiger partial charge in [0.2, 0.25) is 0 Å². The van der Waals surface area contributed by atoms with E-state index in [1.165, 1.54) is 16.7 Å². The van der Waals surface area contributed by atoms with Crippen LogP contribution in [-0.4, -0.2) is 41.1 Å². The molecule has 8 heteroatoms. The zero-order valence-corrected chi connectivity index (χ0v) is 11.1. The molecule has 1 aliphatic heterocycles. The van der Waals surface area contributed by atoms with Crippen molar-refractivity contribution in [3.8, 4) is 0 Å². The minimum absolute atomic E-state index is 0.117. The number of hydrogen-bond donors (Lipinski definition) is 2. The summed E-state index contributed by atoms with van der Waals surface area (Å²) in [6, 6.07) is 7.49. The smallest absolute Gasteiger partial charge is 0.277 e. The Hall–Kier alpha value is -2.09. The van der Waals surface area contributed by atoms with E-state index >= 15 is 0 Å². The van der Waals surface area contributed by atoms with E-state index in [-0.39, 0.29) is 11.8 Å². The fourth-order valence-corrected chi connectivity index (χ4v) is 2.45. The Morgan fingerprint density at radius 2 is 2.32 bits per heavy atom. The minimum Gasteiger partial charge on any atom is -0.349 e. The lowest BCUT2D eigenvalue weighted by atomic mass is 10.2. The normalized spacial score (nSPS) is 16.5. The van der Waals surface area contributed by atoms with Crippen LogP contribution in [0.3, 0.4) is 0 Å². The molecule has 0 bridgehead atoms. The standard InChI is InChI=1S/C11H13N5O2S/c1-19-9-5-3-2-4-8(9)10(12)15-7-6-13-11(15)14-16(17)18/h2-5,12H,6-7H2,1H3,(H,13,14). The molecule has 1 fully saturated rings. The van der Waals surface area contributed by atoms with Crippen molar-refractivity contribution in [2.75, 3.05) is 19.3 Å². The summed E-state index contributed by atoms with van der Waals surface area (Å²) in [4.78, 5) is 12.9. The summed E-state index contributed by atoms with van der Waals surface area (Å²) in [6.45, 7) is 1.03. The summed E-state index contributed by atoms with van der Waals surface area (Å²) in [6.07, 6.45) is 1.93. The second kappa shape index (κ2) is 5.70. The Balaban J connectivity index is 2.31. The number of nitrogens with one attached hydrogen (secondary N) is 2. The van der Waals surface area contributed by atoms with Gasteiger partial charge in [-0.15, -0.1) is 11.8 Å². The highest BCUT2D eigenvalue weighted by Crippen LogP contribution is 2.21. The SMILES string of the molecule is CSc1ccccc1C(=N)N1CCNC1=N[N+](=O)[O-]. The molecule has 0 saturated carbocycles. The summed E-state index contributed by atoms with van der Waals surface area (Å²) >= 11 is 1.54. The lowest BCUT2D eigenvalue weighted by molar-refractivity contribution is -0.485. The van der Waals surface area contributed by atoms with Crippen LogP contribution in [0.5, 0.6) is 0 Å². The van der Waals surface area contributed by atoms with E-state index in [0.29, 0.717) is 13.1 Å². The van der Waals surface area contributed by atoms with Crippen LogP contribution in [0, 0.1) is 15.5 Å². The van der Waals surface area contributed by atoms with Gasteiger partial charge < -0.3 is 5.32 Å². The molecule has 2 rings (SSSR count). The molecule has 1 saturated heterocycles. The predicted octanol–water partition coefficient (Wildman–Crippen LogP) is 1.19. The fourth-order valence-electron chi connectivity index (χ4n) is 1.85. The number of rotatable bonds is 3. The largest absolute Gasteiger partial charge is 0.349 e. The Morgan fingerprint density at radius 3 is 3.00 bits per heavy atom. The van der Waals surface area contributed by atoms with Crippen LogP contribution in [0.2, 0.25) is 0 Å². The van der Waals surface area contributed by atoms with Gasteiger partial charge in [-0.2, -0.15) is 0 Å². The van der Waals surface area contributed by atoms with Gasteiger partial charge in [-0.25, -0.2) is 10.1 Å². The first-order chi connectivity index (χ1) is 9.13. The monoisotopic (exact) mass is 279 g/mol. The summed E-state index contributed by atoms with van der Waals surface area (Å²) in [7, 11) is 0. The van der Waals surface area contributed by atoms with E-state index in [9.17, 15) is 10.1 Å². The van der Waals surface area contributed by atoms with Gasteiger partial charge in [-0.1, -0.05) is 18.2 Å². The molecule has 1 aromatic rings. The molecule has 0 aliphatic carbocycles. The molecule has 100 valence electrons. The van der Waals surface area contributed by atoms with Crippen LogP contribution >= 0.6 is 11.8 Å². The second-order valence-corrected chi connectivity index (χ2v) is 4.64. The average molecular weight is 279 g/mol. The molecule has 19 heavy (non-hydrogen) atoms. The van der Waals surface area contributed by atoms with Crippen molar-refractivity contribution in [1.82, 2.24) is 10.2 Å². The zero-order valence-electron chi connectivity index (χ0n) is 10.3. The highest BCUT2D eigenvalue weighted by molar-refractivity contribution is 7.98. The zero-order chi connectivity index (χ0) is 13.8. The van der Waals surface area contributed by atoms with Crippen molar-refractivity contribution in [3.63, 3.8) is 0 Å². The third-order valence-corrected chi connectivity index (χ3v) is 3.48. The number of nitro groups is 1. The highest BCUT2D eigenvalue weighted by atomic mass is 32.2. The Bertz CT molecular complexity index is 546. The van der Waals surface area contributed by atoms with Crippen LogP contribution in [0.4, 0.5) is 0 Å². The molecule has 0 atom stereocenters. The second-order valence-electron chi connectivity index (χ2n) is 3.79. The molecule has 1 aliphatic rings. The van der Waals surface area contributed by atoms with Crippen LogP contribution in [0.25, 0.3) is 0 Å². The number of thioether (sulfide) groups is 1. The predicted molar refractivity (Wildman–Crippen MR) is 74.2 cm³/mol. The van der Waals surface area contributed by atoms with Gasteiger partial charge in [-0.05, 0) is 12.3 Å². The molecule has 1 heterocycles. The Morgan fingerprint density at radius 1 is 1.58 bits per heavy atom. The van der Waals surface area contributed by atoms with Crippen molar-refractivity contribution >= 4 is 23.6 Å². The van der Waals surface area contributed by atoms with Crippen molar-refractivity contribution < 1.29 is 5.03 Å². The Kier molecular flexibility index (Phi) is 4.00. The maximum atomic E-state index is 10.5. The first-order valence-electron chi connectivity index (χ1n) is 5.60. The number of nitrogens with zero attached hydrogens (tertiary/aromatic N) is 3. The van der Waals surface area contributed by atoms with Crippen molar-refractivity contribution in [2.45, 2.75) is 4.90 Å². The van der Waals surface area contributed by atoms with E-state index in [2.05, 4.69) is 10.4 Å².